The molecule has 2 heterocycles. The third-order valence-electron chi connectivity index (χ3n) is 4.12. The van der Waals surface area contributed by atoms with Crippen LogP contribution in [0.25, 0.3) is 22.5 Å². The third-order valence-corrected chi connectivity index (χ3v) is 4.53. The smallest absolute Gasteiger partial charge is 0.153 e. The molecule has 0 saturated heterocycles. The fraction of sp³-hybridized carbons (Fsp3) is 0. The number of rotatable bonds is 4. The van der Waals surface area contributed by atoms with E-state index in [0.29, 0.717) is 39.9 Å². The Morgan fingerprint density at radius 1 is 0.793 bits per heavy atom. The summed E-state index contributed by atoms with van der Waals surface area (Å²) >= 11 is 5.90. The summed E-state index contributed by atoms with van der Waals surface area (Å²) in [7, 11) is 0. The number of aromatic nitrogens is 2. The molecule has 0 aliphatic heterocycles. The second kappa shape index (κ2) is 9.12. The molecule has 2 aromatic heterocycles. The van der Waals surface area contributed by atoms with Crippen LogP contribution in [0.5, 0.6) is 0 Å². The Balaban J connectivity index is 0.000000166. The van der Waals surface area contributed by atoms with Gasteiger partial charge in [0.1, 0.15) is 11.6 Å². The summed E-state index contributed by atoms with van der Waals surface area (Å²) < 4.78 is 26.7. The van der Waals surface area contributed by atoms with Gasteiger partial charge < -0.3 is 9.97 Å². The molecule has 2 aromatic carbocycles. The van der Waals surface area contributed by atoms with Crippen LogP contribution in [0.1, 0.15) is 20.7 Å². The number of aldehydes is 2. The van der Waals surface area contributed by atoms with E-state index in [-0.39, 0.29) is 16.7 Å². The van der Waals surface area contributed by atoms with Crippen molar-refractivity contribution in [2.75, 3.05) is 0 Å². The zero-order valence-corrected chi connectivity index (χ0v) is 15.7. The normalized spacial score (nSPS) is 10.2. The number of hydrogen-bond acceptors (Lipinski definition) is 2. The van der Waals surface area contributed by atoms with Crippen molar-refractivity contribution in [2.45, 2.75) is 0 Å². The topological polar surface area (TPSA) is 65.7 Å². The first-order valence-corrected chi connectivity index (χ1v) is 8.88. The number of nitrogens with one attached hydrogen (secondary N) is 2. The van der Waals surface area contributed by atoms with Gasteiger partial charge in [0.05, 0.1) is 16.3 Å². The van der Waals surface area contributed by atoms with E-state index in [2.05, 4.69) is 9.97 Å². The first-order chi connectivity index (χ1) is 14.0. The van der Waals surface area contributed by atoms with Gasteiger partial charge >= 0.3 is 0 Å². The third kappa shape index (κ3) is 4.50. The maximum atomic E-state index is 13.4. The van der Waals surface area contributed by atoms with Crippen LogP contribution < -0.4 is 0 Å². The van der Waals surface area contributed by atoms with Gasteiger partial charge in [-0.15, -0.1) is 0 Å². The van der Waals surface area contributed by atoms with Crippen molar-refractivity contribution >= 4 is 24.2 Å². The zero-order chi connectivity index (χ0) is 20.8. The zero-order valence-electron chi connectivity index (χ0n) is 15.0. The average molecular weight is 413 g/mol. The van der Waals surface area contributed by atoms with Crippen LogP contribution in [0.15, 0.2) is 67.0 Å². The van der Waals surface area contributed by atoms with Crippen molar-refractivity contribution in [3.05, 3.63) is 94.8 Å². The van der Waals surface area contributed by atoms with Crippen molar-refractivity contribution in [3.8, 4) is 22.5 Å². The quantitative estimate of drug-likeness (QED) is 0.408. The van der Waals surface area contributed by atoms with E-state index >= 15 is 0 Å². The molecule has 4 rings (SSSR count). The number of hydrogen-bond donors (Lipinski definition) is 2. The fourth-order valence-electron chi connectivity index (χ4n) is 2.68. The Morgan fingerprint density at radius 2 is 1.41 bits per heavy atom. The molecule has 0 fully saturated rings. The number of H-pyrrole nitrogens is 2. The number of aromatic amines is 2. The maximum Gasteiger partial charge on any atom is 0.153 e. The van der Waals surface area contributed by atoms with Crippen molar-refractivity contribution < 1.29 is 18.4 Å². The Kier molecular flexibility index (Phi) is 6.36. The van der Waals surface area contributed by atoms with Crippen LogP contribution in [0.4, 0.5) is 8.78 Å². The van der Waals surface area contributed by atoms with Crippen molar-refractivity contribution in [1.82, 2.24) is 9.97 Å². The molecule has 7 heteroatoms. The van der Waals surface area contributed by atoms with Gasteiger partial charge in [0.15, 0.2) is 12.6 Å². The van der Waals surface area contributed by atoms with E-state index in [1.807, 2.05) is 0 Å². The first-order valence-electron chi connectivity index (χ1n) is 8.50. The number of carbonyl (C=O) groups is 2. The molecule has 2 N–H and O–H groups in total. The molecule has 0 aliphatic carbocycles. The highest BCUT2D eigenvalue weighted by molar-refractivity contribution is 6.35. The van der Waals surface area contributed by atoms with Crippen molar-refractivity contribution in [3.63, 3.8) is 0 Å². The van der Waals surface area contributed by atoms with Crippen LogP contribution in [0.2, 0.25) is 5.02 Å². The second-order valence-corrected chi connectivity index (χ2v) is 6.35. The summed E-state index contributed by atoms with van der Waals surface area (Å²) in [6.45, 7) is 0. The van der Waals surface area contributed by atoms with Gasteiger partial charge in [-0.3, -0.25) is 9.59 Å². The second-order valence-electron chi connectivity index (χ2n) is 5.98. The minimum absolute atomic E-state index is 0.245. The molecule has 0 saturated carbocycles. The summed E-state index contributed by atoms with van der Waals surface area (Å²) in [5, 5.41) is 0.245. The summed E-state index contributed by atoms with van der Waals surface area (Å²) in [4.78, 5) is 26.6. The molecule has 4 nitrogen and oxygen atoms in total. The predicted molar refractivity (Wildman–Crippen MR) is 108 cm³/mol. The lowest BCUT2D eigenvalue weighted by Crippen LogP contribution is -1.84. The minimum atomic E-state index is -0.376. The van der Waals surface area contributed by atoms with Gasteiger partial charge in [0.25, 0.3) is 0 Å². The molecule has 0 bridgehead atoms. The molecule has 146 valence electrons. The summed E-state index contributed by atoms with van der Waals surface area (Å²) in [5.74, 6) is -0.675. The number of benzene rings is 2. The van der Waals surface area contributed by atoms with Crippen LogP contribution in [-0.2, 0) is 0 Å². The summed E-state index contributed by atoms with van der Waals surface area (Å²) in [5.41, 5.74) is 2.72. The minimum Gasteiger partial charge on any atom is -0.360 e. The standard InChI is InChI=1S/C11H7ClFNO.C11H8FNO/c12-10-7(6-15)5-14-11(10)8-3-1-2-4-9(8)13;12-10-4-2-1-3-9(10)11-5-8(7-14)6-13-11/h1-6,14H;1-7,13H. The molecular formula is C22H15ClF2N2O2. The maximum absolute atomic E-state index is 13.4. The number of carbonyl (C=O) groups excluding carboxylic acids is 2. The van der Waals surface area contributed by atoms with Gasteiger partial charge in [-0.05, 0) is 30.3 Å². The van der Waals surface area contributed by atoms with E-state index in [1.165, 1.54) is 18.3 Å². The largest absolute Gasteiger partial charge is 0.360 e. The molecule has 0 aliphatic rings. The van der Waals surface area contributed by atoms with E-state index in [0.717, 1.165) is 6.29 Å². The Labute approximate surface area is 170 Å². The van der Waals surface area contributed by atoms with E-state index < -0.39 is 0 Å². The lowest BCUT2D eigenvalue weighted by molar-refractivity contribution is 0.111. The molecule has 4 aromatic rings. The lowest BCUT2D eigenvalue weighted by atomic mass is 10.1. The van der Waals surface area contributed by atoms with Crippen molar-refractivity contribution in [1.29, 1.82) is 0 Å². The van der Waals surface area contributed by atoms with Gasteiger partial charge in [-0.1, -0.05) is 35.9 Å². The first kappa shape index (κ1) is 20.2. The monoisotopic (exact) mass is 412 g/mol. The Bertz CT molecular complexity index is 1150. The highest BCUT2D eigenvalue weighted by Gasteiger charge is 2.13. The van der Waals surface area contributed by atoms with Gasteiger partial charge in [0, 0.05) is 34.8 Å². The summed E-state index contributed by atoms with van der Waals surface area (Å²) in [6.07, 6.45) is 4.36. The lowest BCUT2D eigenvalue weighted by Gasteiger charge is -2.00. The molecule has 29 heavy (non-hydrogen) atoms. The van der Waals surface area contributed by atoms with Crippen LogP contribution in [-0.4, -0.2) is 22.5 Å². The van der Waals surface area contributed by atoms with Gasteiger partial charge in [-0.25, -0.2) is 8.78 Å². The van der Waals surface area contributed by atoms with E-state index in [1.54, 1.807) is 48.7 Å². The number of halogens is 3. The van der Waals surface area contributed by atoms with Crippen LogP contribution in [0, 0.1) is 11.6 Å². The van der Waals surface area contributed by atoms with Crippen LogP contribution in [0.3, 0.4) is 0 Å². The van der Waals surface area contributed by atoms with Crippen LogP contribution >= 0.6 is 11.6 Å². The highest BCUT2D eigenvalue weighted by Crippen LogP contribution is 2.30. The molecule has 0 radical (unpaired) electrons. The summed E-state index contributed by atoms with van der Waals surface area (Å²) in [6, 6.07) is 14.3. The van der Waals surface area contributed by atoms with E-state index in [4.69, 9.17) is 11.6 Å². The fourth-order valence-corrected chi connectivity index (χ4v) is 2.94. The van der Waals surface area contributed by atoms with E-state index in [9.17, 15) is 18.4 Å². The molecule has 0 amide bonds. The molecule has 0 unspecified atom stereocenters. The molecule has 0 spiro atoms. The van der Waals surface area contributed by atoms with Gasteiger partial charge in [0.2, 0.25) is 0 Å². The highest BCUT2D eigenvalue weighted by atomic mass is 35.5. The average Bonchev–Trinajstić information content (AvgIpc) is 3.36. The predicted octanol–water partition coefficient (Wildman–Crippen LogP) is 5.92. The van der Waals surface area contributed by atoms with Gasteiger partial charge in [-0.2, -0.15) is 0 Å². The van der Waals surface area contributed by atoms with Crippen molar-refractivity contribution in [2.24, 2.45) is 0 Å². The Hall–Kier alpha value is -3.51. The molecular weight excluding hydrogens is 398 g/mol. The SMILES string of the molecule is O=Cc1c[nH]c(-c2ccccc2F)c1.O=Cc1c[nH]c(-c2ccccc2F)c1Cl. The molecule has 0 atom stereocenters. The Morgan fingerprint density at radius 3 is 1.93 bits per heavy atom.